The van der Waals surface area contributed by atoms with Crippen molar-refractivity contribution in [2.45, 2.75) is 118 Å². The number of hydrogen-bond acceptors (Lipinski definition) is 1. The van der Waals surface area contributed by atoms with E-state index in [4.69, 9.17) is 0 Å². The summed E-state index contributed by atoms with van der Waals surface area (Å²) in [6.07, 6.45) is 14.1. The number of allylic oxidation sites excluding steroid dienone is 2. The first-order valence-electron chi connectivity index (χ1n) is 13.1. The largest absolute Gasteiger partial charge is 0.392 e. The average Bonchev–Trinajstić information content (AvgIpc) is 2.98. The Balaban J connectivity index is 1.61. The molecule has 0 aliphatic heterocycles. The van der Waals surface area contributed by atoms with Crippen LogP contribution in [0.5, 0.6) is 0 Å². The highest BCUT2D eigenvalue weighted by Crippen LogP contribution is 2.71. The zero-order valence-corrected chi connectivity index (χ0v) is 20.8. The SMILES string of the molecule is C=C(C)[C@@H](C)CC[C@@H](C)[C@H]1CC[C@@]2(C)C3=C(CC[C@]12C)[C@@]1(C)C(O)CCCC1CC3. The van der Waals surface area contributed by atoms with Crippen molar-refractivity contribution in [1.82, 2.24) is 0 Å². The Morgan fingerprint density at radius 1 is 1.00 bits per heavy atom. The number of aliphatic hydroxyl groups excluding tert-OH is 1. The van der Waals surface area contributed by atoms with E-state index >= 15 is 0 Å². The summed E-state index contributed by atoms with van der Waals surface area (Å²) in [7, 11) is 0. The Kier molecular flexibility index (Phi) is 5.87. The second-order valence-corrected chi connectivity index (χ2v) is 12.6. The maximum absolute atomic E-state index is 11.2. The molecular formula is C29H48O. The van der Waals surface area contributed by atoms with E-state index in [-0.39, 0.29) is 11.5 Å². The topological polar surface area (TPSA) is 20.2 Å². The average molecular weight is 413 g/mol. The first-order valence-corrected chi connectivity index (χ1v) is 13.1. The molecule has 8 atom stereocenters. The standard InChI is InChI=1S/C29H48O/c1-19(2)20(3)11-12-21(4)23-15-17-28(6)24-14-13-22-9-8-10-26(30)29(22,7)25(24)16-18-27(23,28)5/h20-23,26,30H,1,8-18H2,2-7H3/t20-,21+,22?,23+,26?,27+,28-,29-/m0/s1. The second kappa shape index (κ2) is 7.79. The van der Waals surface area contributed by atoms with Crippen LogP contribution < -0.4 is 0 Å². The lowest BCUT2D eigenvalue weighted by molar-refractivity contribution is -0.0453. The molecule has 0 heterocycles. The van der Waals surface area contributed by atoms with Crippen LogP contribution in [0.4, 0.5) is 0 Å². The van der Waals surface area contributed by atoms with E-state index in [1.165, 1.54) is 69.8 Å². The molecule has 2 fully saturated rings. The van der Waals surface area contributed by atoms with Gasteiger partial charge in [-0.25, -0.2) is 0 Å². The fourth-order valence-corrected chi connectivity index (χ4v) is 8.82. The maximum Gasteiger partial charge on any atom is 0.0633 e. The van der Waals surface area contributed by atoms with Crippen LogP contribution >= 0.6 is 0 Å². The van der Waals surface area contributed by atoms with Crippen molar-refractivity contribution >= 4 is 0 Å². The Bertz CT molecular complexity index is 718. The first-order chi connectivity index (χ1) is 14.1. The summed E-state index contributed by atoms with van der Waals surface area (Å²) < 4.78 is 0. The molecule has 170 valence electrons. The minimum absolute atomic E-state index is 0.0663. The third-order valence-electron chi connectivity index (χ3n) is 11.5. The van der Waals surface area contributed by atoms with Gasteiger partial charge in [-0.1, -0.05) is 64.3 Å². The van der Waals surface area contributed by atoms with Gasteiger partial charge in [-0.05, 0) is 106 Å². The molecule has 0 aromatic carbocycles. The molecule has 0 saturated heterocycles. The van der Waals surface area contributed by atoms with Crippen LogP contribution in [-0.2, 0) is 0 Å². The molecule has 1 N–H and O–H groups in total. The molecule has 0 aromatic heterocycles. The highest BCUT2D eigenvalue weighted by molar-refractivity contribution is 5.38. The molecule has 4 aliphatic carbocycles. The molecule has 1 heteroatoms. The minimum atomic E-state index is -0.116. The lowest BCUT2D eigenvalue weighted by Crippen LogP contribution is -2.52. The number of rotatable bonds is 5. The van der Waals surface area contributed by atoms with E-state index in [0.29, 0.717) is 22.7 Å². The molecule has 30 heavy (non-hydrogen) atoms. The predicted octanol–water partition coefficient (Wildman–Crippen LogP) is 8.09. The summed E-state index contributed by atoms with van der Waals surface area (Å²) in [6, 6.07) is 0. The van der Waals surface area contributed by atoms with Crippen LogP contribution in [0.2, 0.25) is 0 Å². The Hall–Kier alpha value is -0.560. The smallest absolute Gasteiger partial charge is 0.0633 e. The minimum Gasteiger partial charge on any atom is -0.392 e. The fourth-order valence-electron chi connectivity index (χ4n) is 8.82. The van der Waals surface area contributed by atoms with Gasteiger partial charge in [0.2, 0.25) is 0 Å². The molecule has 0 spiro atoms. The van der Waals surface area contributed by atoms with Gasteiger partial charge in [0.25, 0.3) is 0 Å². The summed E-state index contributed by atoms with van der Waals surface area (Å²) >= 11 is 0. The third kappa shape index (κ3) is 3.12. The summed E-state index contributed by atoms with van der Waals surface area (Å²) in [4.78, 5) is 0. The van der Waals surface area contributed by atoms with Crippen molar-refractivity contribution in [3.63, 3.8) is 0 Å². The lowest BCUT2D eigenvalue weighted by atomic mass is 9.46. The van der Waals surface area contributed by atoms with Gasteiger partial charge in [0.1, 0.15) is 0 Å². The predicted molar refractivity (Wildman–Crippen MR) is 128 cm³/mol. The molecule has 2 unspecified atom stereocenters. The van der Waals surface area contributed by atoms with Gasteiger partial charge in [0, 0.05) is 5.41 Å². The molecule has 0 radical (unpaired) electrons. The number of aliphatic hydroxyl groups is 1. The Labute approximate surface area is 186 Å². The quantitative estimate of drug-likeness (QED) is 0.452. The first kappa shape index (κ1) is 22.6. The van der Waals surface area contributed by atoms with Crippen LogP contribution in [-0.4, -0.2) is 11.2 Å². The van der Waals surface area contributed by atoms with Gasteiger partial charge in [0.15, 0.2) is 0 Å². The molecule has 0 bridgehead atoms. The Morgan fingerprint density at radius 2 is 1.73 bits per heavy atom. The fraction of sp³-hybridized carbons (Fsp3) is 0.862. The van der Waals surface area contributed by atoms with Gasteiger partial charge in [-0.3, -0.25) is 0 Å². The Morgan fingerprint density at radius 3 is 2.43 bits per heavy atom. The zero-order valence-electron chi connectivity index (χ0n) is 20.8. The van der Waals surface area contributed by atoms with E-state index in [0.717, 1.165) is 18.3 Å². The highest BCUT2D eigenvalue weighted by Gasteiger charge is 2.62. The van der Waals surface area contributed by atoms with Crippen LogP contribution in [0.1, 0.15) is 112 Å². The number of hydrogen-bond donors (Lipinski definition) is 1. The summed E-state index contributed by atoms with van der Waals surface area (Å²) in [5.41, 5.74) is 5.71. The van der Waals surface area contributed by atoms with Crippen LogP contribution in [0.3, 0.4) is 0 Å². The molecule has 0 aromatic rings. The van der Waals surface area contributed by atoms with Crippen molar-refractivity contribution in [3.05, 3.63) is 23.3 Å². The lowest BCUT2D eigenvalue weighted by Gasteiger charge is -2.59. The second-order valence-electron chi connectivity index (χ2n) is 12.6. The van der Waals surface area contributed by atoms with E-state index in [1.807, 2.05) is 0 Å². The van der Waals surface area contributed by atoms with Crippen molar-refractivity contribution < 1.29 is 5.11 Å². The third-order valence-corrected chi connectivity index (χ3v) is 11.5. The van der Waals surface area contributed by atoms with Crippen LogP contribution in [0.15, 0.2) is 23.3 Å². The van der Waals surface area contributed by atoms with Crippen molar-refractivity contribution in [2.75, 3.05) is 0 Å². The molecule has 4 rings (SSSR count). The summed E-state index contributed by atoms with van der Waals surface area (Å²) in [5, 5.41) is 11.2. The van der Waals surface area contributed by atoms with Crippen LogP contribution in [0, 0.1) is 39.9 Å². The van der Waals surface area contributed by atoms with E-state index in [9.17, 15) is 5.11 Å². The molecule has 1 nitrogen and oxygen atoms in total. The molecule has 0 amide bonds. The van der Waals surface area contributed by atoms with Crippen LogP contribution in [0.25, 0.3) is 0 Å². The van der Waals surface area contributed by atoms with Gasteiger partial charge in [-0.2, -0.15) is 0 Å². The van der Waals surface area contributed by atoms with E-state index in [1.54, 1.807) is 11.1 Å². The van der Waals surface area contributed by atoms with E-state index < -0.39 is 0 Å². The van der Waals surface area contributed by atoms with E-state index in [2.05, 4.69) is 48.1 Å². The maximum atomic E-state index is 11.2. The van der Waals surface area contributed by atoms with Crippen molar-refractivity contribution in [1.29, 1.82) is 0 Å². The molecule has 2 saturated carbocycles. The van der Waals surface area contributed by atoms with Gasteiger partial charge in [0.05, 0.1) is 6.10 Å². The molecular weight excluding hydrogens is 364 g/mol. The van der Waals surface area contributed by atoms with Gasteiger partial charge < -0.3 is 5.11 Å². The van der Waals surface area contributed by atoms with Gasteiger partial charge in [-0.15, -0.1) is 0 Å². The summed E-state index contributed by atoms with van der Waals surface area (Å²) in [6.45, 7) is 19.0. The normalized spacial score (nSPS) is 45.4. The highest BCUT2D eigenvalue weighted by atomic mass is 16.3. The van der Waals surface area contributed by atoms with Crippen molar-refractivity contribution in [2.24, 2.45) is 39.9 Å². The monoisotopic (exact) mass is 412 g/mol. The zero-order chi connectivity index (χ0) is 21.9. The number of fused-ring (bicyclic) bond motifs is 4. The molecule has 4 aliphatic rings. The van der Waals surface area contributed by atoms with Crippen molar-refractivity contribution in [3.8, 4) is 0 Å². The van der Waals surface area contributed by atoms with Gasteiger partial charge >= 0.3 is 0 Å². The summed E-state index contributed by atoms with van der Waals surface area (Å²) in [5.74, 6) is 3.01.